The smallest absolute Gasteiger partial charge is 0.171 e. The van der Waals surface area contributed by atoms with E-state index in [0.29, 0.717) is 28.6 Å². The van der Waals surface area contributed by atoms with Gasteiger partial charge in [-0.15, -0.1) is 0 Å². The third-order valence-electron chi connectivity index (χ3n) is 6.50. The molecule has 4 rings (SSSR count). The van der Waals surface area contributed by atoms with Crippen LogP contribution in [-0.4, -0.2) is 15.3 Å². The van der Waals surface area contributed by atoms with Gasteiger partial charge >= 0.3 is 0 Å². The maximum Gasteiger partial charge on any atom is 0.171 e. The van der Waals surface area contributed by atoms with E-state index in [1.54, 1.807) is 18.2 Å². The van der Waals surface area contributed by atoms with Crippen LogP contribution in [0.2, 0.25) is 0 Å². The summed E-state index contributed by atoms with van der Waals surface area (Å²) < 4.78 is 6.12. The molecule has 0 saturated heterocycles. The van der Waals surface area contributed by atoms with Crippen LogP contribution in [0.25, 0.3) is 0 Å². The van der Waals surface area contributed by atoms with E-state index in [0.717, 1.165) is 33.4 Å². The zero-order valence-electron chi connectivity index (χ0n) is 21.0. The Kier molecular flexibility index (Phi) is 6.35. The Bertz CT molecular complexity index is 1340. The summed E-state index contributed by atoms with van der Waals surface area (Å²) in [6, 6.07) is 18.1. The van der Waals surface area contributed by atoms with E-state index in [4.69, 9.17) is 4.74 Å². The highest BCUT2D eigenvalue weighted by molar-refractivity contribution is 5.87. The van der Waals surface area contributed by atoms with Crippen molar-refractivity contribution in [2.75, 3.05) is 4.90 Å². The number of hydrogen-bond donors (Lipinski definition) is 3. The van der Waals surface area contributed by atoms with Crippen molar-refractivity contribution < 1.29 is 20.1 Å². The largest absolute Gasteiger partial charge is 0.506 e. The van der Waals surface area contributed by atoms with E-state index in [1.807, 2.05) is 88.9 Å². The second kappa shape index (κ2) is 9.26. The number of aromatic hydroxyl groups is 3. The van der Waals surface area contributed by atoms with Crippen LogP contribution in [0.15, 0.2) is 60.7 Å². The van der Waals surface area contributed by atoms with Crippen molar-refractivity contribution >= 4 is 17.1 Å². The molecule has 0 atom stereocenters. The number of benzene rings is 4. The molecule has 180 valence electrons. The van der Waals surface area contributed by atoms with Crippen molar-refractivity contribution in [1.29, 1.82) is 0 Å². The molecule has 3 N–H and O–H groups in total. The molecule has 0 aliphatic rings. The second-order valence-corrected chi connectivity index (χ2v) is 9.12. The number of anilines is 3. The zero-order valence-corrected chi connectivity index (χ0v) is 21.0. The van der Waals surface area contributed by atoms with Gasteiger partial charge in [-0.05, 0) is 105 Å². The lowest BCUT2D eigenvalue weighted by molar-refractivity contribution is 0.408. The minimum atomic E-state index is 0.0732. The van der Waals surface area contributed by atoms with E-state index < -0.39 is 0 Å². The minimum absolute atomic E-state index is 0.0732. The van der Waals surface area contributed by atoms with Gasteiger partial charge in [0.2, 0.25) is 0 Å². The van der Waals surface area contributed by atoms with Crippen LogP contribution in [0.4, 0.5) is 17.1 Å². The van der Waals surface area contributed by atoms with Crippen LogP contribution < -0.4 is 9.64 Å². The number of rotatable bonds is 5. The summed E-state index contributed by atoms with van der Waals surface area (Å²) in [6.07, 6.45) is 0. The normalized spacial score (nSPS) is 10.9. The molecule has 0 aliphatic heterocycles. The molecule has 5 nitrogen and oxygen atoms in total. The summed E-state index contributed by atoms with van der Waals surface area (Å²) in [4.78, 5) is 1.87. The summed E-state index contributed by atoms with van der Waals surface area (Å²) in [6.45, 7) is 11.7. The van der Waals surface area contributed by atoms with E-state index >= 15 is 0 Å². The number of hydrogen-bond acceptors (Lipinski definition) is 5. The fourth-order valence-electron chi connectivity index (χ4n) is 4.38. The fourth-order valence-corrected chi connectivity index (χ4v) is 4.38. The van der Waals surface area contributed by atoms with Crippen LogP contribution in [0.1, 0.15) is 33.4 Å². The van der Waals surface area contributed by atoms with Gasteiger partial charge in [-0.2, -0.15) is 0 Å². The average molecular weight is 470 g/mol. The number of aryl methyl sites for hydroxylation is 4. The number of nitrogens with zero attached hydrogens (tertiary/aromatic N) is 1. The van der Waals surface area contributed by atoms with E-state index in [-0.39, 0.29) is 17.2 Å². The summed E-state index contributed by atoms with van der Waals surface area (Å²) in [7, 11) is 0. The monoisotopic (exact) mass is 469 g/mol. The van der Waals surface area contributed by atoms with Gasteiger partial charge < -0.3 is 25.0 Å². The Labute approximate surface area is 206 Å². The first-order chi connectivity index (χ1) is 16.6. The molecule has 0 fully saturated rings. The maximum absolute atomic E-state index is 11.0. The lowest BCUT2D eigenvalue weighted by Crippen LogP contribution is -2.14. The van der Waals surface area contributed by atoms with Gasteiger partial charge in [-0.3, -0.25) is 0 Å². The van der Waals surface area contributed by atoms with Crippen LogP contribution in [0.5, 0.6) is 28.7 Å². The molecule has 0 aromatic heterocycles. The summed E-state index contributed by atoms with van der Waals surface area (Å²) in [5.74, 6) is 1.19. The molecule has 4 aromatic carbocycles. The molecule has 0 saturated carbocycles. The third-order valence-corrected chi connectivity index (χ3v) is 6.50. The van der Waals surface area contributed by atoms with Crippen LogP contribution in [0.3, 0.4) is 0 Å². The standard InChI is InChI=1S/C30H31NO4/c1-17-14-20(4)30(27(34)15-17)35-24-9-7-8-23(16-24)31(28-21(5)18(2)10-12-25(28)32)29-22(6)19(3)11-13-26(29)33/h7-16,32-34H,1-6H3. The van der Waals surface area contributed by atoms with Crippen molar-refractivity contribution in [2.45, 2.75) is 41.5 Å². The van der Waals surface area contributed by atoms with E-state index in [2.05, 4.69) is 0 Å². The molecule has 0 aliphatic carbocycles. The summed E-state index contributed by atoms with van der Waals surface area (Å²) >= 11 is 0. The molecule has 0 unspecified atom stereocenters. The lowest BCUT2D eigenvalue weighted by atomic mass is 10.0. The molecule has 4 aromatic rings. The molecular formula is C30H31NO4. The topological polar surface area (TPSA) is 73.2 Å². The molecule has 0 heterocycles. The number of phenolic OH excluding ortho intramolecular Hbond substituents is 3. The Morgan fingerprint density at radius 3 is 1.71 bits per heavy atom. The SMILES string of the molecule is Cc1cc(C)c(Oc2cccc(N(c3c(O)ccc(C)c3C)c3c(O)ccc(C)c3C)c2)c(O)c1. The molecule has 0 bridgehead atoms. The first kappa shape index (κ1) is 24.0. The quantitative estimate of drug-likeness (QED) is 0.277. The summed E-state index contributed by atoms with van der Waals surface area (Å²) in [5, 5.41) is 32.4. The Morgan fingerprint density at radius 2 is 1.17 bits per heavy atom. The first-order valence-electron chi connectivity index (χ1n) is 11.5. The molecule has 0 spiro atoms. The maximum atomic E-state index is 11.0. The van der Waals surface area contributed by atoms with Gasteiger partial charge in [-0.25, -0.2) is 0 Å². The van der Waals surface area contributed by atoms with Crippen molar-refractivity contribution in [3.05, 3.63) is 94.0 Å². The molecule has 5 heteroatoms. The summed E-state index contributed by atoms with van der Waals surface area (Å²) in [5.41, 5.74) is 7.45. The second-order valence-electron chi connectivity index (χ2n) is 9.12. The first-order valence-corrected chi connectivity index (χ1v) is 11.5. The number of ether oxygens (including phenoxy) is 1. The molecule has 35 heavy (non-hydrogen) atoms. The van der Waals surface area contributed by atoms with Crippen LogP contribution in [-0.2, 0) is 0 Å². The molecule has 0 radical (unpaired) electrons. The highest BCUT2D eigenvalue weighted by Crippen LogP contribution is 2.48. The van der Waals surface area contributed by atoms with Gasteiger partial charge in [0, 0.05) is 6.07 Å². The van der Waals surface area contributed by atoms with Crippen molar-refractivity contribution in [2.24, 2.45) is 0 Å². The van der Waals surface area contributed by atoms with E-state index in [1.165, 1.54) is 0 Å². The highest BCUT2D eigenvalue weighted by Gasteiger charge is 2.24. The van der Waals surface area contributed by atoms with Crippen LogP contribution >= 0.6 is 0 Å². The minimum Gasteiger partial charge on any atom is -0.506 e. The van der Waals surface area contributed by atoms with Crippen LogP contribution in [0, 0.1) is 41.5 Å². The van der Waals surface area contributed by atoms with Crippen molar-refractivity contribution in [3.8, 4) is 28.7 Å². The Hall–Kier alpha value is -4.12. The lowest BCUT2D eigenvalue weighted by Gasteiger charge is -2.31. The Balaban J connectivity index is 1.93. The van der Waals surface area contributed by atoms with Crippen molar-refractivity contribution in [1.82, 2.24) is 0 Å². The van der Waals surface area contributed by atoms with Gasteiger partial charge in [-0.1, -0.05) is 24.3 Å². The highest BCUT2D eigenvalue weighted by atomic mass is 16.5. The van der Waals surface area contributed by atoms with E-state index in [9.17, 15) is 15.3 Å². The van der Waals surface area contributed by atoms with Crippen molar-refractivity contribution in [3.63, 3.8) is 0 Å². The van der Waals surface area contributed by atoms with Gasteiger partial charge in [0.15, 0.2) is 11.5 Å². The fraction of sp³-hybridized carbons (Fsp3) is 0.200. The average Bonchev–Trinajstić information content (AvgIpc) is 2.80. The Morgan fingerprint density at radius 1 is 0.600 bits per heavy atom. The van der Waals surface area contributed by atoms with Gasteiger partial charge in [0.1, 0.15) is 17.2 Å². The molecule has 0 amide bonds. The predicted molar refractivity (Wildman–Crippen MR) is 141 cm³/mol. The zero-order chi connectivity index (χ0) is 25.4. The molecular weight excluding hydrogens is 438 g/mol. The number of phenols is 3. The van der Waals surface area contributed by atoms with Gasteiger partial charge in [0.05, 0.1) is 17.1 Å². The predicted octanol–water partition coefficient (Wildman–Crippen LogP) is 7.92. The van der Waals surface area contributed by atoms with Gasteiger partial charge in [0.25, 0.3) is 0 Å². The third kappa shape index (κ3) is 4.50.